The Bertz CT molecular complexity index is 138. The van der Waals surface area contributed by atoms with Crippen molar-refractivity contribution in [3.63, 3.8) is 0 Å². The molecule has 2 unspecified atom stereocenters. The second-order valence-electron chi connectivity index (χ2n) is 2.99. The van der Waals surface area contributed by atoms with E-state index < -0.39 is 12.3 Å². The van der Waals surface area contributed by atoms with Crippen molar-refractivity contribution in [2.45, 2.75) is 25.1 Å². The van der Waals surface area contributed by atoms with Crippen LogP contribution >= 0.6 is 0 Å². The van der Waals surface area contributed by atoms with Gasteiger partial charge in [0.15, 0.2) is 6.10 Å². The Labute approximate surface area is 68.3 Å². The van der Waals surface area contributed by atoms with Crippen LogP contribution in [0.4, 0.5) is 13.2 Å². The van der Waals surface area contributed by atoms with E-state index in [0.717, 1.165) is 0 Å². The average Bonchev–Trinajstić information content (AvgIpc) is 2.03. The summed E-state index contributed by atoms with van der Waals surface area (Å²) in [5.74, 6) is -0.122. The first-order valence-corrected chi connectivity index (χ1v) is 3.83. The van der Waals surface area contributed by atoms with E-state index in [9.17, 15) is 13.2 Å². The van der Waals surface area contributed by atoms with Gasteiger partial charge in [0.05, 0.1) is 6.61 Å². The van der Waals surface area contributed by atoms with E-state index in [1.165, 1.54) is 0 Å². The lowest BCUT2D eigenvalue weighted by atomic mass is 9.99. The number of halogens is 3. The van der Waals surface area contributed by atoms with Gasteiger partial charge in [0.1, 0.15) is 0 Å². The molecule has 2 atom stereocenters. The zero-order valence-corrected chi connectivity index (χ0v) is 6.47. The molecule has 12 heavy (non-hydrogen) atoms. The van der Waals surface area contributed by atoms with Crippen molar-refractivity contribution < 1.29 is 23.0 Å². The Hall–Kier alpha value is -0.290. The van der Waals surface area contributed by atoms with E-state index in [1.54, 1.807) is 0 Å². The van der Waals surface area contributed by atoms with Crippen LogP contribution in [0.5, 0.6) is 0 Å². The normalized spacial score (nSPS) is 32.0. The van der Waals surface area contributed by atoms with E-state index in [2.05, 4.69) is 4.74 Å². The molecule has 0 spiro atoms. The molecule has 0 aliphatic carbocycles. The minimum atomic E-state index is -4.25. The molecule has 2 nitrogen and oxygen atoms in total. The third-order valence-corrected chi connectivity index (χ3v) is 1.99. The molecule has 1 heterocycles. The smallest absolute Gasteiger partial charge is 0.396 e. The summed E-state index contributed by atoms with van der Waals surface area (Å²) in [4.78, 5) is 0. The number of aliphatic hydroxyl groups is 1. The molecule has 5 heteroatoms. The van der Waals surface area contributed by atoms with Gasteiger partial charge < -0.3 is 9.84 Å². The van der Waals surface area contributed by atoms with Gasteiger partial charge in [-0.2, -0.15) is 13.2 Å². The molecule has 1 aliphatic rings. The summed E-state index contributed by atoms with van der Waals surface area (Å²) >= 11 is 0. The molecule has 0 aromatic rings. The molecule has 1 saturated heterocycles. The molecule has 0 aromatic carbocycles. The average molecular weight is 184 g/mol. The van der Waals surface area contributed by atoms with Crippen LogP contribution in [0.2, 0.25) is 0 Å². The Kier molecular flexibility index (Phi) is 2.95. The Morgan fingerprint density at radius 2 is 2.00 bits per heavy atom. The summed E-state index contributed by atoms with van der Waals surface area (Å²) in [6.45, 7) is -0.0781. The molecule has 1 rings (SSSR count). The van der Waals surface area contributed by atoms with Crippen molar-refractivity contribution in [3.05, 3.63) is 0 Å². The van der Waals surface area contributed by atoms with Gasteiger partial charge in [0, 0.05) is 12.5 Å². The van der Waals surface area contributed by atoms with E-state index >= 15 is 0 Å². The third kappa shape index (κ3) is 2.35. The first kappa shape index (κ1) is 9.80. The van der Waals surface area contributed by atoms with Crippen LogP contribution in [-0.2, 0) is 4.74 Å². The molecular formula is C7H11F3O2. The monoisotopic (exact) mass is 184 g/mol. The van der Waals surface area contributed by atoms with Crippen LogP contribution in [0.1, 0.15) is 12.8 Å². The lowest BCUT2D eigenvalue weighted by molar-refractivity contribution is -0.236. The summed E-state index contributed by atoms with van der Waals surface area (Å²) in [7, 11) is 0. The van der Waals surface area contributed by atoms with Crippen molar-refractivity contribution in [1.29, 1.82) is 0 Å². The minimum absolute atomic E-state index is 0.0146. The van der Waals surface area contributed by atoms with Gasteiger partial charge in [0.2, 0.25) is 0 Å². The van der Waals surface area contributed by atoms with Crippen LogP contribution in [0.3, 0.4) is 0 Å². The molecule has 1 N–H and O–H groups in total. The number of rotatable bonds is 1. The summed E-state index contributed by atoms with van der Waals surface area (Å²) in [6.07, 6.45) is -5.52. The fraction of sp³-hybridized carbons (Fsp3) is 1.00. The number of ether oxygens (including phenoxy) is 1. The highest BCUT2D eigenvalue weighted by Crippen LogP contribution is 2.31. The third-order valence-electron chi connectivity index (χ3n) is 1.99. The fourth-order valence-corrected chi connectivity index (χ4v) is 1.21. The molecule has 0 bridgehead atoms. The van der Waals surface area contributed by atoms with E-state index in [0.29, 0.717) is 6.42 Å². The van der Waals surface area contributed by atoms with Gasteiger partial charge in [-0.15, -0.1) is 0 Å². The summed E-state index contributed by atoms with van der Waals surface area (Å²) in [5.41, 5.74) is 0. The molecule has 0 aromatic heterocycles. The molecular weight excluding hydrogens is 173 g/mol. The first-order valence-electron chi connectivity index (χ1n) is 3.83. The maximum Gasteiger partial charge on any atom is 0.414 e. The van der Waals surface area contributed by atoms with E-state index in [1.807, 2.05) is 0 Å². The molecule has 0 saturated carbocycles. The van der Waals surface area contributed by atoms with Crippen LogP contribution in [0, 0.1) is 5.92 Å². The van der Waals surface area contributed by atoms with Crippen LogP contribution in [-0.4, -0.2) is 30.6 Å². The van der Waals surface area contributed by atoms with Crippen LogP contribution in [0.25, 0.3) is 0 Å². The number of hydrogen-bond acceptors (Lipinski definition) is 2. The standard InChI is InChI=1S/C7H11F3O2/c8-7(9,10)6-2-1-5(3-11)4-12-6/h5-6,11H,1-4H2. The quantitative estimate of drug-likeness (QED) is 0.666. The van der Waals surface area contributed by atoms with Crippen molar-refractivity contribution in [1.82, 2.24) is 0 Å². The second-order valence-corrected chi connectivity index (χ2v) is 2.99. The van der Waals surface area contributed by atoms with Gasteiger partial charge in [0.25, 0.3) is 0 Å². The van der Waals surface area contributed by atoms with Crippen molar-refractivity contribution in [2.75, 3.05) is 13.2 Å². The zero-order chi connectivity index (χ0) is 9.19. The zero-order valence-electron chi connectivity index (χ0n) is 6.47. The van der Waals surface area contributed by atoms with Crippen LogP contribution in [0.15, 0.2) is 0 Å². The first-order chi connectivity index (χ1) is 5.54. The number of aliphatic hydroxyl groups excluding tert-OH is 1. The fourth-order valence-electron chi connectivity index (χ4n) is 1.21. The highest BCUT2D eigenvalue weighted by atomic mass is 19.4. The minimum Gasteiger partial charge on any atom is -0.396 e. The lowest BCUT2D eigenvalue weighted by Crippen LogP contribution is -2.38. The number of alkyl halides is 3. The SMILES string of the molecule is OCC1CCC(C(F)(F)F)OC1. The summed E-state index contributed by atoms with van der Waals surface area (Å²) < 4.78 is 40.5. The molecule has 1 aliphatic heterocycles. The Balaban J connectivity index is 2.36. The summed E-state index contributed by atoms with van der Waals surface area (Å²) in [6, 6.07) is 0. The van der Waals surface area contributed by atoms with E-state index in [4.69, 9.17) is 5.11 Å². The molecule has 0 radical (unpaired) electrons. The van der Waals surface area contributed by atoms with Crippen molar-refractivity contribution in [2.24, 2.45) is 5.92 Å². The second kappa shape index (κ2) is 3.62. The maximum absolute atomic E-state index is 12.0. The maximum atomic E-state index is 12.0. The van der Waals surface area contributed by atoms with Gasteiger partial charge in [-0.3, -0.25) is 0 Å². The molecule has 72 valence electrons. The highest BCUT2D eigenvalue weighted by Gasteiger charge is 2.42. The van der Waals surface area contributed by atoms with Crippen molar-refractivity contribution >= 4 is 0 Å². The van der Waals surface area contributed by atoms with E-state index in [-0.39, 0.29) is 25.6 Å². The number of hydrogen-bond donors (Lipinski definition) is 1. The van der Waals surface area contributed by atoms with Crippen LogP contribution < -0.4 is 0 Å². The molecule has 0 amide bonds. The van der Waals surface area contributed by atoms with Gasteiger partial charge >= 0.3 is 6.18 Å². The summed E-state index contributed by atoms with van der Waals surface area (Å²) in [5, 5.41) is 8.62. The lowest BCUT2D eigenvalue weighted by Gasteiger charge is -2.29. The van der Waals surface area contributed by atoms with Crippen molar-refractivity contribution in [3.8, 4) is 0 Å². The predicted molar refractivity (Wildman–Crippen MR) is 35.6 cm³/mol. The largest absolute Gasteiger partial charge is 0.414 e. The predicted octanol–water partition coefficient (Wildman–Crippen LogP) is 1.34. The topological polar surface area (TPSA) is 29.5 Å². The molecule has 1 fully saturated rings. The Morgan fingerprint density at radius 3 is 2.33 bits per heavy atom. The van der Waals surface area contributed by atoms with Gasteiger partial charge in [-0.25, -0.2) is 0 Å². The highest BCUT2D eigenvalue weighted by molar-refractivity contribution is 4.75. The van der Waals surface area contributed by atoms with Gasteiger partial charge in [-0.1, -0.05) is 0 Å². The Morgan fingerprint density at radius 1 is 1.33 bits per heavy atom. The van der Waals surface area contributed by atoms with Gasteiger partial charge in [-0.05, 0) is 12.8 Å².